The minimum atomic E-state index is -2.68. The summed E-state index contributed by atoms with van der Waals surface area (Å²) in [6.45, 7) is 0. The monoisotopic (exact) mass is 268 g/mol. The Morgan fingerprint density at radius 3 is 2.22 bits per heavy atom. The maximum Gasteiger partial charge on any atom is 0.248 e. The lowest BCUT2D eigenvalue weighted by Crippen LogP contribution is -2.30. The number of aliphatic hydroxyl groups is 1. The third kappa shape index (κ3) is 3.59. The van der Waals surface area contributed by atoms with Gasteiger partial charge in [-0.3, -0.25) is 0 Å². The number of rotatable bonds is 3. The highest BCUT2D eigenvalue weighted by Crippen LogP contribution is 2.44. The molecule has 0 spiro atoms. The van der Waals surface area contributed by atoms with E-state index in [0.29, 0.717) is 19.3 Å². The van der Waals surface area contributed by atoms with Crippen LogP contribution in [0.5, 0.6) is 0 Å². The van der Waals surface area contributed by atoms with E-state index in [2.05, 4.69) is 0 Å². The molecular weight excluding hydrogens is 248 g/mol. The maximum absolute atomic E-state index is 13.2. The van der Waals surface area contributed by atoms with Gasteiger partial charge < -0.3 is 5.11 Å². The van der Waals surface area contributed by atoms with E-state index in [1.807, 2.05) is 0 Å². The molecule has 3 atom stereocenters. The summed E-state index contributed by atoms with van der Waals surface area (Å²) >= 11 is 0. The minimum absolute atomic E-state index is 0.0822. The fourth-order valence-corrected chi connectivity index (χ4v) is 3.32. The third-order valence-corrected chi connectivity index (χ3v) is 4.30. The number of hydrogen-bond donors (Lipinski definition) is 1. The molecule has 0 aliphatic heterocycles. The first kappa shape index (κ1) is 14.1. The number of halogens is 4. The Bertz CT molecular complexity index is 293. The Morgan fingerprint density at radius 1 is 1.00 bits per heavy atom. The zero-order valence-corrected chi connectivity index (χ0v) is 10.3. The van der Waals surface area contributed by atoms with Crippen molar-refractivity contribution in [1.29, 1.82) is 0 Å². The zero-order chi connectivity index (χ0) is 13.4. The predicted octanol–water partition coefficient (Wildman–Crippen LogP) is 4.00. The van der Waals surface area contributed by atoms with Crippen LogP contribution in [0.1, 0.15) is 51.4 Å². The van der Waals surface area contributed by atoms with Crippen molar-refractivity contribution in [1.82, 2.24) is 0 Å². The number of hydrogen-bond acceptors (Lipinski definition) is 1. The van der Waals surface area contributed by atoms with Crippen molar-refractivity contribution in [3.63, 3.8) is 0 Å². The van der Waals surface area contributed by atoms with Crippen LogP contribution in [0.15, 0.2) is 0 Å². The molecular formula is C13H20F4O. The van der Waals surface area contributed by atoms with Crippen LogP contribution in [0.2, 0.25) is 0 Å². The Hall–Kier alpha value is -0.320. The van der Waals surface area contributed by atoms with Crippen LogP contribution in [-0.4, -0.2) is 23.1 Å². The Balaban J connectivity index is 1.82. The molecule has 106 valence electrons. The Labute approximate surface area is 105 Å². The summed E-state index contributed by atoms with van der Waals surface area (Å²) in [7, 11) is 0. The second-order valence-corrected chi connectivity index (χ2v) is 5.98. The molecule has 0 heterocycles. The van der Waals surface area contributed by atoms with Gasteiger partial charge in [-0.15, -0.1) is 0 Å². The topological polar surface area (TPSA) is 20.2 Å². The van der Waals surface area contributed by atoms with Gasteiger partial charge in [0.2, 0.25) is 11.8 Å². The molecule has 1 N–H and O–H groups in total. The number of aliphatic hydroxyl groups excluding tert-OH is 1. The van der Waals surface area contributed by atoms with Crippen molar-refractivity contribution in [3.05, 3.63) is 0 Å². The molecule has 0 aromatic carbocycles. The van der Waals surface area contributed by atoms with Gasteiger partial charge in [0.25, 0.3) is 0 Å². The lowest BCUT2D eigenvalue weighted by Gasteiger charge is -2.31. The van der Waals surface area contributed by atoms with Crippen molar-refractivity contribution in [2.75, 3.05) is 0 Å². The van der Waals surface area contributed by atoms with Crippen molar-refractivity contribution in [3.8, 4) is 0 Å². The average Bonchev–Trinajstić information content (AvgIpc) is 2.57. The molecule has 2 aliphatic rings. The molecule has 5 heteroatoms. The lowest BCUT2D eigenvalue weighted by atomic mass is 9.81. The fraction of sp³-hybridized carbons (Fsp3) is 1.00. The molecule has 0 aromatic rings. The van der Waals surface area contributed by atoms with Gasteiger partial charge in [0, 0.05) is 25.7 Å². The second kappa shape index (κ2) is 4.99. The van der Waals surface area contributed by atoms with Crippen molar-refractivity contribution < 1.29 is 22.7 Å². The van der Waals surface area contributed by atoms with Gasteiger partial charge in [0.15, 0.2) is 0 Å². The van der Waals surface area contributed by atoms with Crippen LogP contribution in [0, 0.1) is 11.8 Å². The summed E-state index contributed by atoms with van der Waals surface area (Å²) in [6, 6.07) is 0. The molecule has 2 saturated carbocycles. The van der Waals surface area contributed by atoms with Gasteiger partial charge in [0.05, 0.1) is 6.10 Å². The summed E-state index contributed by atoms with van der Waals surface area (Å²) < 4.78 is 52.5. The van der Waals surface area contributed by atoms with E-state index in [9.17, 15) is 22.7 Å². The van der Waals surface area contributed by atoms with Crippen LogP contribution in [0.25, 0.3) is 0 Å². The van der Waals surface area contributed by atoms with Gasteiger partial charge in [-0.1, -0.05) is 0 Å². The molecule has 2 rings (SSSR count). The fourth-order valence-electron chi connectivity index (χ4n) is 3.32. The highest BCUT2D eigenvalue weighted by Gasteiger charge is 2.43. The van der Waals surface area contributed by atoms with Gasteiger partial charge in [-0.25, -0.2) is 17.6 Å². The standard InChI is InChI=1S/C13H20F4O/c14-12(15)4-1-2-9(7-12)6-11(18)10-3-5-13(16,17)8-10/h9-11,18H,1-8H2. The second-order valence-electron chi connectivity index (χ2n) is 5.98. The highest BCUT2D eigenvalue weighted by molar-refractivity contribution is 4.88. The van der Waals surface area contributed by atoms with E-state index < -0.39 is 23.9 Å². The van der Waals surface area contributed by atoms with E-state index in [0.717, 1.165) is 0 Å². The predicted molar refractivity (Wildman–Crippen MR) is 59.8 cm³/mol. The van der Waals surface area contributed by atoms with Gasteiger partial charge >= 0.3 is 0 Å². The summed E-state index contributed by atoms with van der Waals surface area (Å²) in [6.07, 6.45) is 0.0765. The molecule has 3 unspecified atom stereocenters. The normalized spacial score (nSPS) is 36.5. The van der Waals surface area contributed by atoms with Crippen molar-refractivity contribution in [2.24, 2.45) is 11.8 Å². The third-order valence-electron chi connectivity index (χ3n) is 4.30. The Morgan fingerprint density at radius 2 is 1.67 bits per heavy atom. The van der Waals surface area contributed by atoms with Crippen LogP contribution in [-0.2, 0) is 0 Å². The summed E-state index contributed by atoms with van der Waals surface area (Å²) in [5.41, 5.74) is 0. The van der Waals surface area contributed by atoms with Crippen LogP contribution in [0.3, 0.4) is 0 Å². The quantitative estimate of drug-likeness (QED) is 0.767. The summed E-state index contributed by atoms with van der Waals surface area (Å²) in [4.78, 5) is 0. The largest absolute Gasteiger partial charge is 0.393 e. The van der Waals surface area contributed by atoms with E-state index in [1.54, 1.807) is 0 Å². The van der Waals surface area contributed by atoms with E-state index in [-0.39, 0.29) is 38.0 Å². The molecule has 0 aromatic heterocycles. The van der Waals surface area contributed by atoms with E-state index in [4.69, 9.17) is 0 Å². The molecule has 2 aliphatic carbocycles. The van der Waals surface area contributed by atoms with Gasteiger partial charge in [0.1, 0.15) is 0 Å². The smallest absolute Gasteiger partial charge is 0.248 e. The number of alkyl halides is 4. The molecule has 18 heavy (non-hydrogen) atoms. The molecule has 0 saturated heterocycles. The van der Waals surface area contributed by atoms with Crippen LogP contribution < -0.4 is 0 Å². The molecule has 2 fully saturated rings. The Kier molecular flexibility index (Phi) is 3.90. The van der Waals surface area contributed by atoms with Gasteiger partial charge in [-0.2, -0.15) is 0 Å². The minimum Gasteiger partial charge on any atom is -0.393 e. The molecule has 1 nitrogen and oxygen atoms in total. The van der Waals surface area contributed by atoms with Crippen LogP contribution >= 0.6 is 0 Å². The first-order chi connectivity index (χ1) is 8.27. The molecule has 0 radical (unpaired) electrons. The highest BCUT2D eigenvalue weighted by atomic mass is 19.3. The van der Waals surface area contributed by atoms with Gasteiger partial charge in [-0.05, 0) is 37.5 Å². The van der Waals surface area contributed by atoms with Crippen molar-refractivity contribution >= 4 is 0 Å². The van der Waals surface area contributed by atoms with Crippen molar-refractivity contribution in [2.45, 2.75) is 69.3 Å². The van der Waals surface area contributed by atoms with E-state index in [1.165, 1.54) is 0 Å². The maximum atomic E-state index is 13.2. The SMILES string of the molecule is OC(CC1CCCC(F)(F)C1)C1CCC(F)(F)C1. The average molecular weight is 268 g/mol. The first-order valence-corrected chi connectivity index (χ1v) is 6.71. The molecule has 0 amide bonds. The van der Waals surface area contributed by atoms with E-state index >= 15 is 0 Å². The summed E-state index contributed by atoms with van der Waals surface area (Å²) in [5.74, 6) is -5.96. The lowest BCUT2D eigenvalue weighted by molar-refractivity contribution is -0.0632. The molecule has 0 bridgehead atoms. The zero-order valence-electron chi connectivity index (χ0n) is 10.3. The van der Waals surface area contributed by atoms with Crippen LogP contribution in [0.4, 0.5) is 17.6 Å². The first-order valence-electron chi connectivity index (χ1n) is 6.71. The summed E-state index contributed by atoms with van der Waals surface area (Å²) in [5, 5.41) is 9.93.